The van der Waals surface area contributed by atoms with Gasteiger partial charge in [0.05, 0.1) is 25.7 Å². The molecule has 232 valence electrons. The lowest BCUT2D eigenvalue weighted by Crippen LogP contribution is -2.64. The highest BCUT2D eigenvalue weighted by atomic mass is 19.1. The zero-order valence-corrected chi connectivity index (χ0v) is 25.4. The van der Waals surface area contributed by atoms with E-state index in [0.29, 0.717) is 40.7 Å². The Morgan fingerprint density at radius 1 is 1.04 bits per heavy atom. The highest BCUT2D eigenvalue weighted by Gasteiger charge is 2.49. The first-order valence-corrected chi connectivity index (χ1v) is 15.0. The van der Waals surface area contributed by atoms with E-state index in [2.05, 4.69) is 21.9 Å². The Hall–Kier alpha value is -4.74. The number of esters is 2. The third-order valence-corrected chi connectivity index (χ3v) is 8.25. The van der Waals surface area contributed by atoms with E-state index < -0.39 is 23.2 Å². The number of amides is 1. The number of allylic oxidation sites excluding steroid dienone is 1. The van der Waals surface area contributed by atoms with E-state index in [9.17, 15) is 14.4 Å². The number of halogens is 1. The van der Waals surface area contributed by atoms with Crippen LogP contribution in [0.2, 0.25) is 0 Å². The van der Waals surface area contributed by atoms with Gasteiger partial charge in [-0.25, -0.2) is 9.18 Å². The van der Waals surface area contributed by atoms with E-state index in [4.69, 9.17) is 9.47 Å². The summed E-state index contributed by atoms with van der Waals surface area (Å²) in [6.45, 7) is 2.20. The molecule has 2 aliphatic rings. The van der Waals surface area contributed by atoms with Gasteiger partial charge < -0.3 is 19.5 Å². The maximum atomic E-state index is 16.5. The van der Waals surface area contributed by atoms with Crippen LogP contribution in [0.1, 0.15) is 42.9 Å². The molecular weight excluding hydrogens is 573 g/mol. The standard InChI is InChI=1S/C37H36FNO6/c1-25-19-31(36(42)45-22-26-11-4-3-5-12-26)32(37(21-25)24-44-23-33(40)39-37)20-28-15-10-17-30(35(28)38)29-16-8-6-13-27(29)14-7-9-18-34(41)43-2/h3-6,8,10-13,15-17,19,25,32H,9,18,20-24H2,1-2H3,(H,39,40)/t25-,32?,37?/m0/s1. The Kier molecular flexibility index (Phi) is 10.1. The molecule has 1 aliphatic heterocycles. The van der Waals surface area contributed by atoms with Crippen LogP contribution in [0, 0.1) is 29.5 Å². The molecule has 7 nitrogen and oxygen atoms in total. The summed E-state index contributed by atoms with van der Waals surface area (Å²) in [4.78, 5) is 37.8. The smallest absolute Gasteiger partial charge is 0.334 e. The second-order valence-corrected chi connectivity index (χ2v) is 11.5. The summed E-state index contributed by atoms with van der Waals surface area (Å²) in [5.41, 5.74) is 2.34. The third-order valence-electron chi connectivity index (χ3n) is 8.25. The van der Waals surface area contributed by atoms with Gasteiger partial charge in [-0.05, 0) is 36.0 Å². The molecular formula is C37H36FNO6. The quantitative estimate of drug-likeness (QED) is 0.266. The van der Waals surface area contributed by atoms with Gasteiger partial charge in [-0.2, -0.15) is 0 Å². The number of benzene rings is 3. The van der Waals surface area contributed by atoms with E-state index in [1.165, 1.54) is 7.11 Å². The average molecular weight is 610 g/mol. The topological polar surface area (TPSA) is 90.9 Å². The highest BCUT2D eigenvalue weighted by Crippen LogP contribution is 2.42. The Morgan fingerprint density at radius 2 is 1.80 bits per heavy atom. The van der Waals surface area contributed by atoms with Crippen molar-refractivity contribution in [1.82, 2.24) is 5.32 Å². The monoisotopic (exact) mass is 609 g/mol. The molecule has 1 heterocycles. The first-order valence-electron chi connectivity index (χ1n) is 15.0. The van der Waals surface area contributed by atoms with Gasteiger partial charge in [0.25, 0.3) is 0 Å². The van der Waals surface area contributed by atoms with Crippen LogP contribution in [0.25, 0.3) is 11.1 Å². The Labute approximate surface area is 262 Å². The lowest BCUT2D eigenvalue weighted by molar-refractivity contribution is -0.145. The van der Waals surface area contributed by atoms with Gasteiger partial charge >= 0.3 is 11.9 Å². The van der Waals surface area contributed by atoms with Gasteiger partial charge in [-0.3, -0.25) is 9.59 Å². The normalized spacial score (nSPS) is 20.8. The number of hydrogen-bond acceptors (Lipinski definition) is 6. The maximum absolute atomic E-state index is 16.5. The van der Waals surface area contributed by atoms with Gasteiger partial charge in [0.1, 0.15) is 19.0 Å². The number of nitrogens with one attached hydrogen (secondary N) is 1. The number of rotatable bonds is 8. The van der Waals surface area contributed by atoms with Crippen LogP contribution in [-0.2, 0) is 41.6 Å². The molecule has 3 aromatic rings. The number of carbonyl (C=O) groups excluding carboxylic acids is 3. The average Bonchev–Trinajstić information content (AvgIpc) is 3.04. The first-order chi connectivity index (χ1) is 21.8. The third kappa shape index (κ3) is 7.50. The van der Waals surface area contributed by atoms with Crippen molar-refractivity contribution in [3.63, 3.8) is 0 Å². The Morgan fingerprint density at radius 3 is 2.58 bits per heavy atom. The summed E-state index contributed by atoms with van der Waals surface area (Å²) in [5, 5.41) is 3.12. The van der Waals surface area contributed by atoms with Crippen LogP contribution in [0.5, 0.6) is 0 Å². The fourth-order valence-electron chi connectivity index (χ4n) is 6.21. The Balaban J connectivity index is 1.48. The summed E-state index contributed by atoms with van der Waals surface area (Å²) in [6, 6.07) is 21.8. The summed E-state index contributed by atoms with van der Waals surface area (Å²) in [6.07, 6.45) is 3.03. The number of ether oxygens (including phenoxy) is 3. The molecule has 1 saturated heterocycles. The SMILES string of the molecule is COC(=O)CCC#Cc1ccccc1-c1cccc(CC2C(C(=O)OCc3ccccc3)=C[C@H](C)CC23COCC(=O)N3)c1F. The first kappa shape index (κ1) is 31.7. The van der Waals surface area contributed by atoms with Crippen LogP contribution >= 0.6 is 0 Å². The van der Waals surface area contributed by atoms with Crippen LogP contribution < -0.4 is 5.32 Å². The van der Waals surface area contributed by atoms with Gasteiger partial charge in [0.15, 0.2) is 0 Å². The largest absolute Gasteiger partial charge is 0.469 e. The van der Waals surface area contributed by atoms with E-state index >= 15 is 4.39 Å². The predicted octanol–water partition coefficient (Wildman–Crippen LogP) is 5.55. The van der Waals surface area contributed by atoms with E-state index in [1.54, 1.807) is 24.3 Å². The van der Waals surface area contributed by atoms with Crippen molar-refractivity contribution < 1.29 is 33.0 Å². The molecule has 1 spiro atoms. The van der Waals surface area contributed by atoms with Crippen molar-refractivity contribution in [1.29, 1.82) is 0 Å². The predicted molar refractivity (Wildman–Crippen MR) is 167 cm³/mol. The van der Waals surface area contributed by atoms with Crippen molar-refractivity contribution in [2.24, 2.45) is 11.8 Å². The molecule has 45 heavy (non-hydrogen) atoms. The van der Waals surface area contributed by atoms with Gasteiger partial charge in [-0.15, -0.1) is 0 Å². The van der Waals surface area contributed by atoms with Gasteiger partial charge in [0, 0.05) is 34.6 Å². The molecule has 0 radical (unpaired) electrons. The van der Waals surface area contributed by atoms with Crippen molar-refractivity contribution in [2.45, 2.75) is 44.8 Å². The van der Waals surface area contributed by atoms with Crippen LogP contribution in [0.3, 0.4) is 0 Å². The molecule has 1 aliphatic carbocycles. The Bertz CT molecular complexity index is 1660. The van der Waals surface area contributed by atoms with Crippen molar-refractivity contribution >= 4 is 17.8 Å². The summed E-state index contributed by atoms with van der Waals surface area (Å²) < 4.78 is 32.6. The summed E-state index contributed by atoms with van der Waals surface area (Å²) >= 11 is 0. The highest BCUT2D eigenvalue weighted by molar-refractivity contribution is 5.90. The summed E-state index contributed by atoms with van der Waals surface area (Å²) in [7, 11) is 1.33. The second kappa shape index (κ2) is 14.4. The van der Waals surface area contributed by atoms with E-state index in [-0.39, 0.29) is 50.5 Å². The molecule has 2 unspecified atom stereocenters. The minimum Gasteiger partial charge on any atom is -0.469 e. The zero-order valence-electron chi connectivity index (χ0n) is 25.4. The minimum absolute atomic E-state index is 0.0525. The van der Waals surface area contributed by atoms with Crippen LogP contribution in [0.15, 0.2) is 84.4 Å². The van der Waals surface area contributed by atoms with Crippen molar-refractivity contribution in [3.8, 4) is 23.0 Å². The van der Waals surface area contributed by atoms with E-state index in [0.717, 1.165) is 5.56 Å². The molecule has 0 aromatic heterocycles. The van der Waals surface area contributed by atoms with Crippen molar-refractivity contribution in [3.05, 3.63) is 107 Å². The van der Waals surface area contributed by atoms with Crippen LogP contribution in [0.4, 0.5) is 4.39 Å². The van der Waals surface area contributed by atoms with Crippen LogP contribution in [-0.4, -0.2) is 43.7 Å². The molecule has 8 heteroatoms. The number of methoxy groups -OCH3 is 1. The summed E-state index contributed by atoms with van der Waals surface area (Å²) in [5.74, 6) is 3.84. The van der Waals surface area contributed by atoms with Gasteiger partial charge in [0.2, 0.25) is 5.91 Å². The number of morpholine rings is 1. The molecule has 1 amide bonds. The minimum atomic E-state index is -0.907. The zero-order chi connectivity index (χ0) is 31.8. The molecule has 3 atom stereocenters. The molecule has 0 saturated carbocycles. The van der Waals surface area contributed by atoms with Crippen molar-refractivity contribution in [2.75, 3.05) is 20.3 Å². The number of hydrogen-bond donors (Lipinski definition) is 1. The number of carbonyl (C=O) groups is 3. The lowest BCUT2D eigenvalue weighted by atomic mass is 9.66. The second-order valence-electron chi connectivity index (χ2n) is 11.5. The molecule has 3 aromatic carbocycles. The maximum Gasteiger partial charge on any atom is 0.334 e. The fourth-order valence-corrected chi connectivity index (χ4v) is 6.21. The van der Waals surface area contributed by atoms with Gasteiger partial charge in [-0.1, -0.05) is 91.6 Å². The fraction of sp³-hybridized carbons (Fsp3) is 0.324. The molecule has 0 bridgehead atoms. The van der Waals surface area contributed by atoms with E-state index in [1.807, 2.05) is 61.5 Å². The molecule has 1 fully saturated rings. The molecule has 1 N–H and O–H groups in total. The lowest BCUT2D eigenvalue weighted by Gasteiger charge is -2.48. The molecule has 5 rings (SSSR count).